The third-order valence-corrected chi connectivity index (χ3v) is 4.03. The van der Waals surface area contributed by atoms with Crippen molar-refractivity contribution in [2.24, 2.45) is 17.4 Å². The Hall–Kier alpha value is -2.20. The molecule has 0 aliphatic rings. The van der Waals surface area contributed by atoms with Crippen molar-refractivity contribution in [3.8, 4) is 0 Å². The van der Waals surface area contributed by atoms with Crippen LogP contribution in [0.2, 0.25) is 0 Å². The van der Waals surface area contributed by atoms with Gasteiger partial charge in [-0.05, 0) is 39.2 Å². The van der Waals surface area contributed by atoms with Gasteiger partial charge in [-0.2, -0.15) is 0 Å². The molecular weight excluding hydrogens is 354 g/mol. The molecular formula is C17H33N5O5. The first kappa shape index (κ1) is 24.8. The number of carboxylic acid groups (broad SMARTS) is 1. The molecule has 10 nitrogen and oxygen atoms in total. The van der Waals surface area contributed by atoms with E-state index in [1.54, 1.807) is 13.8 Å². The Kier molecular flexibility index (Phi) is 11.2. The molecule has 0 aliphatic heterocycles. The SMILES string of the molecule is CC(C)[C@H](NC(=O)[C@@H](N)CCCCN)C(=O)N[C@@H](C)C(=O)N[C@@H](C)C(=O)O. The summed E-state index contributed by atoms with van der Waals surface area (Å²) in [4.78, 5) is 47.4. The van der Waals surface area contributed by atoms with Gasteiger partial charge in [0.25, 0.3) is 0 Å². The van der Waals surface area contributed by atoms with E-state index in [-0.39, 0.29) is 5.92 Å². The molecule has 0 saturated heterocycles. The lowest BCUT2D eigenvalue weighted by Gasteiger charge is -2.25. The molecule has 10 heteroatoms. The molecule has 0 rings (SSSR count). The van der Waals surface area contributed by atoms with Gasteiger partial charge in [-0.1, -0.05) is 20.3 Å². The van der Waals surface area contributed by atoms with Gasteiger partial charge in [-0.25, -0.2) is 0 Å². The van der Waals surface area contributed by atoms with Crippen LogP contribution in [0.4, 0.5) is 0 Å². The average Bonchev–Trinajstić information content (AvgIpc) is 2.58. The fourth-order valence-electron chi connectivity index (χ4n) is 2.20. The Balaban J connectivity index is 4.76. The molecule has 0 fully saturated rings. The number of aliphatic carboxylic acids is 1. The van der Waals surface area contributed by atoms with E-state index in [4.69, 9.17) is 16.6 Å². The van der Waals surface area contributed by atoms with E-state index in [0.29, 0.717) is 19.4 Å². The zero-order valence-corrected chi connectivity index (χ0v) is 16.5. The molecule has 0 radical (unpaired) electrons. The van der Waals surface area contributed by atoms with Gasteiger partial charge in [0, 0.05) is 0 Å². The van der Waals surface area contributed by atoms with Crippen molar-refractivity contribution in [1.82, 2.24) is 16.0 Å². The van der Waals surface area contributed by atoms with Crippen LogP contribution in [0.15, 0.2) is 0 Å². The number of nitrogens with two attached hydrogens (primary N) is 2. The Labute approximate surface area is 159 Å². The molecule has 0 heterocycles. The average molecular weight is 387 g/mol. The van der Waals surface area contributed by atoms with Crippen molar-refractivity contribution < 1.29 is 24.3 Å². The number of amides is 3. The fourth-order valence-corrected chi connectivity index (χ4v) is 2.20. The summed E-state index contributed by atoms with van der Waals surface area (Å²) in [6.07, 6.45) is 1.93. The maximum Gasteiger partial charge on any atom is 0.325 e. The third-order valence-electron chi connectivity index (χ3n) is 4.03. The molecule has 0 aromatic rings. The predicted molar refractivity (Wildman–Crippen MR) is 100 cm³/mol. The second-order valence-electron chi connectivity index (χ2n) is 6.92. The monoisotopic (exact) mass is 387 g/mol. The van der Waals surface area contributed by atoms with E-state index in [0.717, 1.165) is 6.42 Å². The van der Waals surface area contributed by atoms with Crippen LogP contribution in [0, 0.1) is 5.92 Å². The van der Waals surface area contributed by atoms with Crippen LogP contribution >= 0.6 is 0 Å². The van der Waals surface area contributed by atoms with Crippen molar-refractivity contribution in [1.29, 1.82) is 0 Å². The van der Waals surface area contributed by atoms with Gasteiger partial charge in [-0.3, -0.25) is 19.2 Å². The van der Waals surface area contributed by atoms with Gasteiger partial charge in [-0.15, -0.1) is 0 Å². The molecule has 0 aromatic heterocycles. The highest BCUT2D eigenvalue weighted by atomic mass is 16.4. The molecule has 0 spiro atoms. The summed E-state index contributed by atoms with van der Waals surface area (Å²) in [5.74, 6) is -3.04. The van der Waals surface area contributed by atoms with Crippen LogP contribution in [0.25, 0.3) is 0 Å². The van der Waals surface area contributed by atoms with Gasteiger partial charge in [0.15, 0.2) is 0 Å². The number of hydrogen-bond donors (Lipinski definition) is 6. The maximum atomic E-state index is 12.5. The number of carbonyl (C=O) groups excluding carboxylic acids is 3. The summed E-state index contributed by atoms with van der Waals surface area (Å²) in [7, 11) is 0. The largest absolute Gasteiger partial charge is 0.480 e. The third kappa shape index (κ3) is 9.34. The fraction of sp³-hybridized carbons (Fsp3) is 0.765. The van der Waals surface area contributed by atoms with E-state index in [1.807, 2.05) is 0 Å². The van der Waals surface area contributed by atoms with Crippen LogP contribution in [-0.2, 0) is 19.2 Å². The number of carbonyl (C=O) groups is 4. The van der Waals surface area contributed by atoms with E-state index in [2.05, 4.69) is 16.0 Å². The Morgan fingerprint density at radius 3 is 1.89 bits per heavy atom. The molecule has 0 unspecified atom stereocenters. The van der Waals surface area contributed by atoms with Crippen molar-refractivity contribution in [3.63, 3.8) is 0 Å². The second-order valence-corrected chi connectivity index (χ2v) is 6.92. The number of hydrogen-bond acceptors (Lipinski definition) is 6. The lowest BCUT2D eigenvalue weighted by Crippen LogP contribution is -2.57. The van der Waals surface area contributed by atoms with Crippen molar-refractivity contribution in [2.75, 3.05) is 6.54 Å². The minimum atomic E-state index is -1.18. The smallest absolute Gasteiger partial charge is 0.325 e. The molecule has 4 atom stereocenters. The Morgan fingerprint density at radius 2 is 1.41 bits per heavy atom. The Morgan fingerprint density at radius 1 is 0.852 bits per heavy atom. The molecule has 0 aliphatic carbocycles. The molecule has 27 heavy (non-hydrogen) atoms. The van der Waals surface area contributed by atoms with Gasteiger partial charge in [0.2, 0.25) is 17.7 Å². The van der Waals surface area contributed by atoms with E-state index < -0.39 is 47.9 Å². The standard InChI is InChI=1S/C17H33N5O5/c1-9(2)13(22-15(24)12(19)7-5-6-8-18)16(25)20-10(3)14(23)21-11(4)17(26)27/h9-13H,5-8,18-19H2,1-4H3,(H,20,25)(H,21,23)(H,22,24)(H,26,27)/t10-,11-,12-,13-/m0/s1. The summed E-state index contributed by atoms with van der Waals surface area (Å²) in [5, 5.41) is 16.2. The first-order chi connectivity index (χ1) is 12.5. The van der Waals surface area contributed by atoms with Gasteiger partial charge in [0.05, 0.1) is 6.04 Å². The molecule has 0 bridgehead atoms. The summed E-state index contributed by atoms with van der Waals surface area (Å²) in [5.41, 5.74) is 11.2. The predicted octanol–water partition coefficient (Wildman–Crippen LogP) is -1.32. The normalized spacial score (nSPS) is 15.4. The second kappa shape index (κ2) is 12.2. The lowest BCUT2D eigenvalue weighted by molar-refractivity contribution is -0.141. The van der Waals surface area contributed by atoms with Crippen LogP contribution in [-0.4, -0.2) is 59.5 Å². The van der Waals surface area contributed by atoms with Crippen LogP contribution < -0.4 is 27.4 Å². The maximum absolute atomic E-state index is 12.5. The number of rotatable bonds is 12. The topological polar surface area (TPSA) is 177 Å². The first-order valence-electron chi connectivity index (χ1n) is 9.10. The summed E-state index contributed by atoms with van der Waals surface area (Å²) in [6.45, 7) is 6.77. The summed E-state index contributed by atoms with van der Waals surface area (Å²) in [6, 6.07) is -3.66. The van der Waals surface area contributed by atoms with Gasteiger partial charge >= 0.3 is 5.97 Å². The Bertz CT molecular complexity index is 526. The zero-order valence-electron chi connectivity index (χ0n) is 16.5. The summed E-state index contributed by atoms with van der Waals surface area (Å²) >= 11 is 0. The number of unbranched alkanes of at least 4 members (excludes halogenated alkanes) is 1. The van der Waals surface area contributed by atoms with Crippen LogP contribution in [0.3, 0.4) is 0 Å². The first-order valence-corrected chi connectivity index (χ1v) is 9.10. The molecule has 8 N–H and O–H groups in total. The van der Waals surface area contributed by atoms with Crippen LogP contribution in [0.5, 0.6) is 0 Å². The number of carboxylic acids is 1. The number of nitrogens with one attached hydrogen (secondary N) is 3. The quantitative estimate of drug-likeness (QED) is 0.225. The minimum Gasteiger partial charge on any atom is -0.480 e. The molecule has 0 aromatic carbocycles. The molecule has 0 saturated carbocycles. The van der Waals surface area contributed by atoms with Crippen molar-refractivity contribution in [2.45, 2.75) is 71.1 Å². The molecule has 156 valence electrons. The molecule has 3 amide bonds. The van der Waals surface area contributed by atoms with E-state index in [1.165, 1.54) is 13.8 Å². The van der Waals surface area contributed by atoms with Crippen LogP contribution in [0.1, 0.15) is 47.0 Å². The van der Waals surface area contributed by atoms with Crippen molar-refractivity contribution in [3.05, 3.63) is 0 Å². The van der Waals surface area contributed by atoms with E-state index >= 15 is 0 Å². The summed E-state index contributed by atoms with van der Waals surface area (Å²) < 4.78 is 0. The van der Waals surface area contributed by atoms with E-state index in [9.17, 15) is 19.2 Å². The highest BCUT2D eigenvalue weighted by Crippen LogP contribution is 2.05. The highest BCUT2D eigenvalue weighted by Gasteiger charge is 2.29. The highest BCUT2D eigenvalue weighted by molar-refractivity contribution is 5.93. The van der Waals surface area contributed by atoms with Gasteiger partial charge < -0.3 is 32.5 Å². The lowest BCUT2D eigenvalue weighted by atomic mass is 10.0. The minimum absolute atomic E-state index is 0.238. The zero-order chi connectivity index (χ0) is 21.1. The van der Waals surface area contributed by atoms with Gasteiger partial charge in [0.1, 0.15) is 18.1 Å². The van der Waals surface area contributed by atoms with Crippen molar-refractivity contribution >= 4 is 23.7 Å².